The van der Waals surface area contributed by atoms with E-state index < -0.39 is 0 Å². The van der Waals surface area contributed by atoms with E-state index in [9.17, 15) is 9.90 Å². The molecule has 0 spiro atoms. The summed E-state index contributed by atoms with van der Waals surface area (Å²) >= 11 is 0. The summed E-state index contributed by atoms with van der Waals surface area (Å²) in [5, 5.41) is 23.5. The van der Waals surface area contributed by atoms with Crippen molar-refractivity contribution >= 4 is 11.2 Å². The number of aromatic hydroxyl groups is 1. The van der Waals surface area contributed by atoms with E-state index in [4.69, 9.17) is 0 Å². The predicted octanol–water partition coefficient (Wildman–Crippen LogP) is 0.199. The molecule has 0 atom stereocenters. The number of hydrogen-bond donors (Lipinski definition) is 4. The molecule has 0 bridgehead atoms. The fraction of sp³-hybridized carbons (Fsp3) is 0. The van der Waals surface area contributed by atoms with Crippen molar-refractivity contribution < 1.29 is 5.11 Å². The molecule has 4 aromatic rings. The minimum Gasteiger partial charge on any atom is -0.507 e. The number of hydrogen-bond acceptors (Lipinski definition) is 7. The second kappa shape index (κ2) is 4.48. The number of nitrogens with one attached hydrogen (secondary N) is 3. The summed E-state index contributed by atoms with van der Waals surface area (Å²) in [4.78, 5) is 25.4. The molecule has 0 fully saturated rings. The molecule has 10 heteroatoms. The maximum Gasteiger partial charge on any atom is 0.279 e. The van der Waals surface area contributed by atoms with Crippen LogP contribution in [-0.4, -0.2) is 45.7 Å². The first-order valence-corrected chi connectivity index (χ1v) is 6.23. The van der Waals surface area contributed by atoms with Crippen LogP contribution >= 0.6 is 0 Å². The molecule has 3 aromatic heterocycles. The van der Waals surface area contributed by atoms with Crippen LogP contribution in [0, 0.1) is 0 Å². The zero-order valence-electron chi connectivity index (χ0n) is 10.9. The molecule has 10 nitrogen and oxygen atoms in total. The lowest BCUT2D eigenvalue weighted by atomic mass is 10.1. The molecule has 0 radical (unpaired) electrons. The second-order valence-electron chi connectivity index (χ2n) is 4.50. The number of H-pyrrole nitrogens is 3. The lowest BCUT2D eigenvalue weighted by Gasteiger charge is -2.05. The Kier molecular flexibility index (Phi) is 2.48. The topological polar surface area (TPSA) is 149 Å². The van der Waals surface area contributed by atoms with Gasteiger partial charge in [0.05, 0.1) is 11.9 Å². The number of aromatic amines is 3. The van der Waals surface area contributed by atoms with Crippen LogP contribution in [0.4, 0.5) is 0 Å². The fourth-order valence-corrected chi connectivity index (χ4v) is 2.13. The van der Waals surface area contributed by atoms with Crippen LogP contribution in [0.15, 0.2) is 29.3 Å². The van der Waals surface area contributed by atoms with Gasteiger partial charge in [0.2, 0.25) is 0 Å². The van der Waals surface area contributed by atoms with Gasteiger partial charge < -0.3 is 15.1 Å². The van der Waals surface area contributed by atoms with Gasteiger partial charge in [-0.05, 0) is 22.6 Å². The molecule has 1 aromatic carbocycles. The average molecular weight is 296 g/mol. The molecule has 22 heavy (non-hydrogen) atoms. The minimum absolute atomic E-state index is 0.0593. The van der Waals surface area contributed by atoms with E-state index in [1.807, 2.05) is 0 Å². The van der Waals surface area contributed by atoms with E-state index in [-0.39, 0.29) is 22.6 Å². The highest BCUT2D eigenvalue weighted by Gasteiger charge is 2.13. The van der Waals surface area contributed by atoms with Gasteiger partial charge in [-0.15, -0.1) is 5.10 Å². The van der Waals surface area contributed by atoms with E-state index in [2.05, 4.69) is 40.6 Å². The summed E-state index contributed by atoms with van der Waals surface area (Å²) in [6.45, 7) is 0. The van der Waals surface area contributed by atoms with Gasteiger partial charge in [0, 0.05) is 5.56 Å². The number of benzene rings is 1. The van der Waals surface area contributed by atoms with Crippen molar-refractivity contribution in [3.8, 4) is 28.5 Å². The Hall–Kier alpha value is -3.56. The third kappa shape index (κ3) is 1.82. The molecule has 0 unspecified atom stereocenters. The summed E-state index contributed by atoms with van der Waals surface area (Å²) < 4.78 is 0. The minimum atomic E-state index is -0.385. The van der Waals surface area contributed by atoms with Crippen LogP contribution in [-0.2, 0) is 0 Å². The number of fused-ring (bicyclic) bond motifs is 1. The largest absolute Gasteiger partial charge is 0.507 e. The van der Waals surface area contributed by atoms with Gasteiger partial charge in [-0.25, -0.2) is 15.1 Å². The van der Waals surface area contributed by atoms with E-state index in [0.717, 1.165) is 0 Å². The monoisotopic (exact) mass is 296 g/mol. The maximum absolute atomic E-state index is 11.9. The first-order chi connectivity index (χ1) is 10.7. The maximum atomic E-state index is 11.9. The number of phenols is 1. The third-order valence-corrected chi connectivity index (χ3v) is 3.16. The van der Waals surface area contributed by atoms with Crippen LogP contribution in [0.2, 0.25) is 0 Å². The Labute approximate surface area is 121 Å². The number of nitrogens with zero attached hydrogens (tertiary/aromatic N) is 5. The highest BCUT2D eigenvalue weighted by molar-refractivity contribution is 5.75. The zero-order chi connectivity index (χ0) is 15.1. The van der Waals surface area contributed by atoms with E-state index in [1.54, 1.807) is 12.1 Å². The average Bonchev–Trinajstić information content (AvgIpc) is 3.18. The summed E-state index contributed by atoms with van der Waals surface area (Å²) in [6.07, 6.45) is 1.39. The van der Waals surface area contributed by atoms with Crippen molar-refractivity contribution in [2.45, 2.75) is 0 Å². The molecule has 0 amide bonds. The van der Waals surface area contributed by atoms with Gasteiger partial charge in [0.15, 0.2) is 17.0 Å². The number of aromatic nitrogens is 8. The first-order valence-electron chi connectivity index (χ1n) is 6.23. The first kappa shape index (κ1) is 12.2. The number of phenolic OH excluding ortho intramolecular Hbond substituents is 1. The molecular formula is C12H8N8O2. The lowest BCUT2D eigenvalue weighted by molar-refractivity contribution is 0.477. The second-order valence-corrected chi connectivity index (χ2v) is 4.50. The Morgan fingerprint density at radius 3 is 2.86 bits per heavy atom. The van der Waals surface area contributed by atoms with Crippen molar-refractivity contribution in [1.29, 1.82) is 0 Å². The lowest BCUT2D eigenvalue weighted by Crippen LogP contribution is -2.09. The molecule has 0 aliphatic carbocycles. The van der Waals surface area contributed by atoms with E-state index >= 15 is 0 Å². The van der Waals surface area contributed by atoms with Crippen molar-refractivity contribution in [3.63, 3.8) is 0 Å². The Morgan fingerprint density at radius 2 is 2.09 bits per heavy atom. The van der Waals surface area contributed by atoms with Crippen LogP contribution < -0.4 is 5.56 Å². The Morgan fingerprint density at radius 1 is 1.18 bits per heavy atom. The molecular weight excluding hydrogens is 288 g/mol. The highest BCUT2D eigenvalue weighted by Crippen LogP contribution is 2.30. The smallest absolute Gasteiger partial charge is 0.279 e. The Balaban J connectivity index is 1.86. The van der Waals surface area contributed by atoms with E-state index in [0.29, 0.717) is 22.6 Å². The number of tetrazole rings is 1. The molecule has 108 valence electrons. The SMILES string of the molecule is O=c1[nH]c(-c2ccc(-c3nnn[nH]3)cc2O)nc2[nH]cnc12. The summed E-state index contributed by atoms with van der Waals surface area (Å²) in [6, 6.07) is 4.80. The molecule has 0 aliphatic rings. The molecule has 3 heterocycles. The Bertz CT molecular complexity index is 1020. The van der Waals surface area contributed by atoms with Gasteiger partial charge in [-0.2, -0.15) is 0 Å². The number of rotatable bonds is 2. The molecule has 4 rings (SSSR count). The van der Waals surface area contributed by atoms with Gasteiger partial charge in [0.25, 0.3) is 5.56 Å². The predicted molar refractivity (Wildman–Crippen MR) is 74.8 cm³/mol. The van der Waals surface area contributed by atoms with Crippen LogP contribution in [0.1, 0.15) is 0 Å². The quantitative estimate of drug-likeness (QED) is 0.412. The van der Waals surface area contributed by atoms with Crippen molar-refractivity contribution in [1.82, 2.24) is 40.6 Å². The van der Waals surface area contributed by atoms with Gasteiger partial charge in [0.1, 0.15) is 11.6 Å². The molecule has 0 aliphatic heterocycles. The molecule has 0 saturated carbocycles. The van der Waals surface area contributed by atoms with Crippen molar-refractivity contribution in [2.24, 2.45) is 0 Å². The number of imidazole rings is 1. The molecule has 0 saturated heterocycles. The van der Waals surface area contributed by atoms with Crippen LogP contribution in [0.3, 0.4) is 0 Å². The normalized spacial score (nSPS) is 11.1. The fourth-order valence-electron chi connectivity index (χ4n) is 2.13. The molecule has 4 N–H and O–H groups in total. The van der Waals surface area contributed by atoms with Gasteiger partial charge in [-0.3, -0.25) is 4.79 Å². The summed E-state index contributed by atoms with van der Waals surface area (Å²) in [5.74, 6) is 0.602. The van der Waals surface area contributed by atoms with Crippen LogP contribution in [0.25, 0.3) is 33.9 Å². The van der Waals surface area contributed by atoms with Gasteiger partial charge >= 0.3 is 0 Å². The zero-order valence-corrected chi connectivity index (χ0v) is 10.9. The third-order valence-electron chi connectivity index (χ3n) is 3.16. The van der Waals surface area contributed by atoms with Gasteiger partial charge in [-0.1, -0.05) is 6.07 Å². The van der Waals surface area contributed by atoms with Crippen molar-refractivity contribution in [2.75, 3.05) is 0 Å². The standard InChI is InChI=1S/C12H8N8O2/c21-7-3-5(9-17-19-20-18-9)1-2-6(7)10-15-11-8(12(22)16-10)13-4-14-11/h1-4,21H,(H,17,18,19,20)(H2,13,14,15,16,22). The summed E-state index contributed by atoms with van der Waals surface area (Å²) in [5.41, 5.74) is 1.17. The van der Waals surface area contributed by atoms with Crippen LogP contribution in [0.5, 0.6) is 5.75 Å². The summed E-state index contributed by atoms with van der Waals surface area (Å²) in [7, 11) is 0. The van der Waals surface area contributed by atoms with Crippen molar-refractivity contribution in [3.05, 3.63) is 34.9 Å². The van der Waals surface area contributed by atoms with E-state index in [1.165, 1.54) is 12.4 Å². The highest BCUT2D eigenvalue weighted by atomic mass is 16.3.